The molecule has 0 aliphatic heterocycles. The predicted octanol–water partition coefficient (Wildman–Crippen LogP) is 2.28. The van der Waals surface area contributed by atoms with Crippen LogP contribution in [0.1, 0.15) is 28.7 Å². The molecule has 0 aromatic carbocycles. The third kappa shape index (κ3) is 3.06. The highest BCUT2D eigenvalue weighted by Crippen LogP contribution is 2.30. The van der Waals surface area contributed by atoms with Crippen molar-refractivity contribution in [1.82, 2.24) is 10.2 Å². The van der Waals surface area contributed by atoms with Gasteiger partial charge in [0, 0.05) is 28.9 Å². The average Bonchev–Trinajstić information content (AvgIpc) is 2.72. The number of rotatable bonds is 5. The third-order valence-electron chi connectivity index (χ3n) is 3.06. The average molecular weight is 238 g/mol. The van der Waals surface area contributed by atoms with Crippen LogP contribution in [0, 0.1) is 0 Å². The van der Waals surface area contributed by atoms with Gasteiger partial charge in [0.1, 0.15) is 0 Å². The summed E-state index contributed by atoms with van der Waals surface area (Å²) in [6.45, 7) is 4.39. The van der Waals surface area contributed by atoms with Crippen LogP contribution >= 0.6 is 11.3 Å². The van der Waals surface area contributed by atoms with Gasteiger partial charge in [0.25, 0.3) is 0 Å². The van der Waals surface area contributed by atoms with Gasteiger partial charge < -0.3 is 10.2 Å². The van der Waals surface area contributed by atoms with Crippen molar-refractivity contribution in [2.45, 2.75) is 38.8 Å². The summed E-state index contributed by atoms with van der Waals surface area (Å²) in [5, 5.41) is 3.59. The van der Waals surface area contributed by atoms with E-state index in [4.69, 9.17) is 0 Å². The zero-order chi connectivity index (χ0) is 11.5. The Morgan fingerprint density at radius 1 is 1.44 bits per heavy atom. The van der Waals surface area contributed by atoms with Crippen molar-refractivity contribution in [1.29, 1.82) is 0 Å². The van der Waals surface area contributed by atoms with E-state index < -0.39 is 0 Å². The molecule has 2 rings (SSSR count). The first-order valence-electron chi connectivity index (χ1n) is 6.13. The molecule has 1 unspecified atom stereocenters. The summed E-state index contributed by atoms with van der Waals surface area (Å²) in [5.74, 6) is 0. The molecule has 1 aromatic heterocycles. The Balaban J connectivity index is 1.81. The van der Waals surface area contributed by atoms with Crippen molar-refractivity contribution in [2.24, 2.45) is 0 Å². The fourth-order valence-electron chi connectivity index (χ4n) is 2.36. The number of nitrogens with zero attached hydrogens (tertiary/aromatic N) is 1. The van der Waals surface area contributed by atoms with Crippen LogP contribution in [-0.2, 0) is 19.4 Å². The third-order valence-corrected chi connectivity index (χ3v) is 4.30. The lowest BCUT2D eigenvalue weighted by Gasteiger charge is -2.17. The molecule has 0 fully saturated rings. The number of thiophene rings is 1. The van der Waals surface area contributed by atoms with Crippen LogP contribution in [0.25, 0.3) is 0 Å². The highest BCUT2D eigenvalue weighted by Gasteiger charge is 2.14. The summed E-state index contributed by atoms with van der Waals surface area (Å²) >= 11 is 2.01. The second-order valence-electron chi connectivity index (χ2n) is 5.06. The summed E-state index contributed by atoms with van der Waals surface area (Å²) in [7, 11) is 4.25. The topological polar surface area (TPSA) is 15.3 Å². The smallest absolute Gasteiger partial charge is 0.0302 e. The van der Waals surface area contributed by atoms with Crippen LogP contribution in [-0.4, -0.2) is 31.6 Å². The van der Waals surface area contributed by atoms with E-state index in [0.717, 1.165) is 13.1 Å². The molecule has 3 heteroatoms. The molecule has 90 valence electrons. The Hall–Kier alpha value is -0.380. The zero-order valence-electron chi connectivity index (χ0n) is 10.5. The summed E-state index contributed by atoms with van der Waals surface area (Å²) in [6, 6.07) is 2.97. The maximum Gasteiger partial charge on any atom is 0.0302 e. The molecule has 0 bridgehead atoms. The lowest BCUT2D eigenvalue weighted by Crippen LogP contribution is -2.35. The van der Waals surface area contributed by atoms with Crippen molar-refractivity contribution in [2.75, 3.05) is 20.6 Å². The molecule has 1 atom stereocenters. The summed E-state index contributed by atoms with van der Waals surface area (Å²) in [5.41, 5.74) is 1.61. The van der Waals surface area contributed by atoms with Crippen molar-refractivity contribution in [3.63, 3.8) is 0 Å². The van der Waals surface area contributed by atoms with E-state index in [2.05, 4.69) is 37.3 Å². The molecule has 0 saturated heterocycles. The lowest BCUT2D eigenvalue weighted by molar-refractivity contribution is 0.349. The lowest BCUT2D eigenvalue weighted by atomic mass is 10.2. The molecule has 0 amide bonds. The summed E-state index contributed by atoms with van der Waals surface area (Å²) in [4.78, 5) is 5.37. The molecule has 1 aliphatic rings. The van der Waals surface area contributed by atoms with Gasteiger partial charge >= 0.3 is 0 Å². The number of likely N-dealkylation sites (N-methyl/N-ethyl adjacent to an activating group) is 1. The normalized spacial score (nSPS) is 16.8. The Morgan fingerprint density at radius 3 is 2.94 bits per heavy atom. The molecular formula is C13H22N2S. The Kier molecular flexibility index (Phi) is 4.00. The first-order valence-corrected chi connectivity index (χ1v) is 6.95. The van der Waals surface area contributed by atoms with Gasteiger partial charge in [-0.05, 0) is 51.9 Å². The number of nitrogens with one attached hydrogen (secondary N) is 1. The molecule has 1 aromatic rings. The van der Waals surface area contributed by atoms with Gasteiger partial charge in [-0.3, -0.25) is 0 Å². The fourth-order valence-corrected chi connectivity index (χ4v) is 3.58. The minimum Gasteiger partial charge on any atom is -0.308 e. The monoisotopic (exact) mass is 238 g/mol. The van der Waals surface area contributed by atoms with Crippen molar-refractivity contribution in [3.8, 4) is 0 Å². The maximum absolute atomic E-state index is 3.59. The SMILES string of the molecule is CC(CN(C)C)NCc1cc2c(s1)CCC2. The van der Waals surface area contributed by atoms with Crippen LogP contribution in [0.5, 0.6) is 0 Å². The number of fused-ring (bicyclic) bond motifs is 1. The van der Waals surface area contributed by atoms with Crippen LogP contribution < -0.4 is 5.32 Å². The Labute approximate surface area is 103 Å². The van der Waals surface area contributed by atoms with Crippen LogP contribution in [0.15, 0.2) is 6.07 Å². The van der Waals surface area contributed by atoms with Gasteiger partial charge in [0.15, 0.2) is 0 Å². The van der Waals surface area contributed by atoms with E-state index >= 15 is 0 Å². The predicted molar refractivity (Wildman–Crippen MR) is 71.2 cm³/mol. The van der Waals surface area contributed by atoms with Gasteiger partial charge in [-0.1, -0.05) is 0 Å². The molecule has 0 spiro atoms. The quantitative estimate of drug-likeness (QED) is 0.846. The van der Waals surface area contributed by atoms with Gasteiger partial charge in [-0.15, -0.1) is 11.3 Å². The van der Waals surface area contributed by atoms with Crippen LogP contribution in [0.2, 0.25) is 0 Å². The first-order chi connectivity index (χ1) is 7.65. The van der Waals surface area contributed by atoms with E-state index in [0.29, 0.717) is 6.04 Å². The molecule has 2 nitrogen and oxygen atoms in total. The van der Waals surface area contributed by atoms with E-state index in [1.165, 1.54) is 24.1 Å². The number of hydrogen-bond acceptors (Lipinski definition) is 3. The van der Waals surface area contributed by atoms with Crippen LogP contribution in [0.4, 0.5) is 0 Å². The Morgan fingerprint density at radius 2 is 2.25 bits per heavy atom. The molecule has 0 saturated carbocycles. The molecular weight excluding hydrogens is 216 g/mol. The van der Waals surface area contributed by atoms with E-state index in [1.807, 2.05) is 11.3 Å². The summed E-state index contributed by atoms with van der Waals surface area (Å²) in [6.07, 6.45) is 3.98. The standard InChI is InChI=1S/C13H22N2S/c1-10(9-15(2)3)14-8-12-7-11-5-4-6-13(11)16-12/h7,10,14H,4-6,8-9H2,1-3H3. The molecule has 0 radical (unpaired) electrons. The maximum atomic E-state index is 3.59. The highest BCUT2D eigenvalue weighted by atomic mass is 32.1. The zero-order valence-corrected chi connectivity index (χ0v) is 11.4. The number of aryl methyl sites for hydroxylation is 2. The van der Waals surface area contributed by atoms with Gasteiger partial charge in [0.2, 0.25) is 0 Å². The van der Waals surface area contributed by atoms with Crippen LogP contribution in [0.3, 0.4) is 0 Å². The molecule has 1 heterocycles. The second-order valence-corrected chi connectivity index (χ2v) is 6.28. The first kappa shape index (κ1) is 12.1. The van der Waals surface area contributed by atoms with Crippen molar-refractivity contribution in [3.05, 3.63) is 21.4 Å². The number of hydrogen-bond donors (Lipinski definition) is 1. The van der Waals surface area contributed by atoms with E-state index in [1.54, 1.807) is 10.4 Å². The Bertz CT molecular complexity index is 322. The van der Waals surface area contributed by atoms with Gasteiger partial charge in [0.05, 0.1) is 0 Å². The summed E-state index contributed by atoms with van der Waals surface area (Å²) < 4.78 is 0. The highest BCUT2D eigenvalue weighted by molar-refractivity contribution is 7.12. The largest absolute Gasteiger partial charge is 0.308 e. The second kappa shape index (κ2) is 5.30. The minimum absolute atomic E-state index is 0.562. The fraction of sp³-hybridized carbons (Fsp3) is 0.692. The minimum atomic E-state index is 0.562. The molecule has 16 heavy (non-hydrogen) atoms. The molecule has 1 N–H and O–H groups in total. The van der Waals surface area contributed by atoms with Gasteiger partial charge in [-0.2, -0.15) is 0 Å². The molecule has 1 aliphatic carbocycles. The van der Waals surface area contributed by atoms with Crippen molar-refractivity contribution >= 4 is 11.3 Å². The van der Waals surface area contributed by atoms with Crippen molar-refractivity contribution < 1.29 is 0 Å². The van der Waals surface area contributed by atoms with E-state index in [-0.39, 0.29) is 0 Å². The van der Waals surface area contributed by atoms with E-state index in [9.17, 15) is 0 Å². The van der Waals surface area contributed by atoms with Gasteiger partial charge in [-0.25, -0.2) is 0 Å².